The van der Waals surface area contributed by atoms with Gasteiger partial charge < -0.3 is 0 Å². The van der Waals surface area contributed by atoms with E-state index in [1.54, 1.807) is 6.08 Å². The van der Waals surface area contributed by atoms with Gasteiger partial charge in [-0.05, 0) is 74.1 Å². The quantitative estimate of drug-likeness (QED) is 0.683. The lowest BCUT2D eigenvalue weighted by Crippen LogP contribution is -1.99. The van der Waals surface area contributed by atoms with Crippen LogP contribution < -0.4 is 0 Å². The highest BCUT2D eigenvalue weighted by Crippen LogP contribution is 2.27. The fourth-order valence-electron chi connectivity index (χ4n) is 1.98. The van der Waals surface area contributed by atoms with Gasteiger partial charge in [-0.3, -0.25) is 0 Å². The summed E-state index contributed by atoms with van der Waals surface area (Å²) in [6.07, 6.45) is 1.68. The van der Waals surface area contributed by atoms with Crippen molar-refractivity contribution in [3.05, 3.63) is 39.0 Å². The van der Waals surface area contributed by atoms with Crippen LogP contribution in [0.15, 0.2) is 5.57 Å². The molecule has 2 nitrogen and oxygen atoms in total. The van der Waals surface area contributed by atoms with E-state index in [4.69, 9.17) is 10.5 Å². The van der Waals surface area contributed by atoms with Crippen molar-refractivity contribution in [3.8, 4) is 12.1 Å². The van der Waals surface area contributed by atoms with Crippen molar-refractivity contribution in [3.63, 3.8) is 0 Å². The van der Waals surface area contributed by atoms with E-state index in [1.807, 2.05) is 26.0 Å². The van der Waals surface area contributed by atoms with Crippen LogP contribution in [0.3, 0.4) is 0 Å². The fourth-order valence-corrected chi connectivity index (χ4v) is 1.98. The molecule has 0 radical (unpaired) electrons. The zero-order valence-electron chi connectivity index (χ0n) is 11.0. The van der Waals surface area contributed by atoms with E-state index in [-0.39, 0.29) is 5.57 Å². The number of benzene rings is 1. The van der Waals surface area contributed by atoms with E-state index in [9.17, 15) is 0 Å². The maximum atomic E-state index is 8.82. The summed E-state index contributed by atoms with van der Waals surface area (Å²) in [6.45, 7) is 10.3. The van der Waals surface area contributed by atoms with Crippen molar-refractivity contribution in [1.82, 2.24) is 0 Å². The van der Waals surface area contributed by atoms with E-state index in [0.29, 0.717) is 0 Å². The van der Waals surface area contributed by atoms with Crippen molar-refractivity contribution in [1.29, 1.82) is 10.5 Å². The normalized spacial score (nSPS) is 9.35. The SMILES string of the molecule is Cc1c(C)c(C)c(C=C(C#N)C#N)c(C)c1C. The van der Waals surface area contributed by atoms with Gasteiger partial charge >= 0.3 is 0 Å². The molecule has 0 fully saturated rings. The van der Waals surface area contributed by atoms with Gasteiger partial charge in [0.05, 0.1) is 0 Å². The zero-order valence-corrected chi connectivity index (χ0v) is 11.0. The molecule has 0 spiro atoms. The molecule has 0 saturated heterocycles. The lowest BCUT2D eigenvalue weighted by molar-refractivity contribution is 1.16. The molecular formula is C15H16N2. The first-order valence-corrected chi connectivity index (χ1v) is 5.52. The van der Waals surface area contributed by atoms with Crippen molar-refractivity contribution in [2.45, 2.75) is 34.6 Å². The molecular weight excluding hydrogens is 208 g/mol. The molecule has 0 N–H and O–H groups in total. The second-order valence-electron chi connectivity index (χ2n) is 4.32. The topological polar surface area (TPSA) is 47.6 Å². The summed E-state index contributed by atoms with van der Waals surface area (Å²) in [6, 6.07) is 3.82. The van der Waals surface area contributed by atoms with Gasteiger partial charge in [0.2, 0.25) is 0 Å². The number of allylic oxidation sites excluding steroid dienone is 1. The Kier molecular flexibility index (Phi) is 3.71. The van der Waals surface area contributed by atoms with Crippen LogP contribution in [0.5, 0.6) is 0 Å². The monoisotopic (exact) mass is 224 g/mol. The van der Waals surface area contributed by atoms with Crippen molar-refractivity contribution in [2.75, 3.05) is 0 Å². The first-order chi connectivity index (χ1) is 7.93. The average Bonchev–Trinajstić information content (AvgIpc) is 2.34. The Labute approximate surface area is 103 Å². The third kappa shape index (κ3) is 2.22. The molecule has 17 heavy (non-hydrogen) atoms. The summed E-state index contributed by atoms with van der Waals surface area (Å²) in [4.78, 5) is 0. The number of rotatable bonds is 1. The Balaban J connectivity index is 3.64. The standard InChI is InChI=1S/C15H16N2/c1-9-10(2)12(4)15(13(5)11(9)3)6-14(7-16)8-17/h6H,1-5H3. The van der Waals surface area contributed by atoms with Gasteiger partial charge in [0.15, 0.2) is 0 Å². The smallest absolute Gasteiger partial charge is 0.130 e. The van der Waals surface area contributed by atoms with Gasteiger partial charge in [-0.15, -0.1) is 0 Å². The molecule has 86 valence electrons. The summed E-state index contributed by atoms with van der Waals surface area (Å²) in [5.74, 6) is 0. The van der Waals surface area contributed by atoms with Crippen LogP contribution in [0.25, 0.3) is 6.08 Å². The van der Waals surface area contributed by atoms with Crippen molar-refractivity contribution < 1.29 is 0 Å². The van der Waals surface area contributed by atoms with Crippen LogP contribution in [0.4, 0.5) is 0 Å². The Morgan fingerprint density at radius 1 is 0.765 bits per heavy atom. The highest BCUT2D eigenvalue weighted by molar-refractivity contribution is 5.69. The minimum Gasteiger partial charge on any atom is -0.192 e. The Hall–Kier alpha value is -2.06. The minimum atomic E-state index is 0.152. The number of nitrogens with zero attached hydrogens (tertiary/aromatic N) is 2. The molecule has 0 aromatic heterocycles. The van der Waals surface area contributed by atoms with Crippen LogP contribution in [-0.2, 0) is 0 Å². The fraction of sp³-hybridized carbons (Fsp3) is 0.333. The predicted octanol–water partition coefficient (Wildman–Crippen LogP) is 3.66. The molecule has 0 aliphatic rings. The lowest BCUT2D eigenvalue weighted by atomic mass is 9.89. The molecule has 0 aliphatic heterocycles. The summed E-state index contributed by atoms with van der Waals surface area (Å²) in [5, 5.41) is 17.6. The third-order valence-electron chi connectivity index (χ3n) is 3.59. The molecule has 1 aromatic rings. The Morgan fingerprint density at radius 3 is 1.47 bits per heavy atom. The molecule has 0 amide bonds. The van der Waals surface area contributed by atoms with Crippen LogP contribution in [0.1, 0.15) is 33.4 Å². The van der Waals surface area contributed by atoms with E-state index in [1.165, 1.54) is 16.7 Å². The summed E-state index contributed by atoms with van der Waals surface area (Å²) < 4.78 is 0. The Morgan fingerprint density at radius 2 is 1.12 bits per heavy atom. The Bertz CT molecular complexity index is 533. The molecule has 0 heterocycles. The van der Waals surface area contributed by atoms with E-state index >= 15 is 0 Å². The zero-order chi connectivity index (χ0) is 13.2. The minimum absolute atomic E-state index is 0.152. The maximum absolute atomic E-state index is 8.82. The molecule has 0 aliphatic carbocycles. The lowest BCUT2D eigenvalue weighted by Gasteiger charge is -2.16. The van der Waals surface area contributed by atoms with Crippen LogP contribution in [-0.4, -0.2) is 0 Å². The summed E-state index contributed by atoms with van der Waals surface area (Å²) in [7, 11) is 0. The highest BCUT2D eigenvalue weighted by atomic mass is 14.3. The van der Waals surface area contributed by atoms with E-state index in [0.717, 1.165) is 16.7 Å². The first kappa shape index (κ1) is 13.0. The third-order valence-corrected chi connectivity index (χ3v) is 3.59. The van der Waals surface area contributed by atoms with Gasteiger partial charge in [0.1, 0.15) is 17.7 Å². The van der Waals surface area contributed by atoms with Gasteiger partial charge in [0, 0.05) is 0 Å². The largest absolute Gasteiger partial charge is 0.192 e. The van der Waals surface area contributed by atoms with Gasteiger partial charge in [0.25, 0.3) is 0 Å². The number of hydrogen-bond donors (Lipinski definition) is 0. The maximum Gasteiger partial charge on any atom is 0.130 e. The molecule has 0 unspecified atom stereocenters. The molecule has 1 aromatic carbocycles. The van der Waals surface area contributed by atoms with Gasteiger partial charge in [-0.1, -0.05) is 0 Å². The predicted molar refractivity (Wildman–Crippen MR) is 69.3 cm³/mol. The van der Waals surface area contributed by atoms with Crippen LogP contribution in [0.2, 0.25) is 0 Å². The van der Waals surface area contributed by atoms with Gasteiger partial charge in [-0.25, -0.2) is 0 Å². The van der Waals surface area contributed by atoms with Crippen molar-refractivity contribution >= 4 is 6.08 Å². The van der Waals surface area contributed by atoms with Crippen molar-refractivity contribution in [2.24, 2.45) is 0 Å². The summed E-state index contributed by atoms with van der Waals surface area (Å²) >= 11 is 0. The first-order valence-electron chi connectivity index (χ1n) is 5.52. The molecule has 1 rings (SSSR count). The highest BCUT2D eigenvalue weighted by Gasteiger charge is 2.11. The van der Waals surface area contributed by atoms with E-state index in [2.05, 4.69) is 20.8 Å². The second-order valence-corrected chi connectivity index (χ2v) is 4.32. The second kappa shape index (κ2) is 4.85. The average molecular weight is 224 g/mol. The number of hydrogen-bond acceptors (Lipinski definition) is 2. The molecule has 0 bridgehead atoms. The summed E-state index contributed by atoms with van der Waals surface area (Å²) in [5.41, 5.74) is 7.20. The molecule has 2 heteroatoms. The van der Waals surface area contributed by atoms with Gasteiger partial charge in [-0.2, -0.15) is 10.5 Å². The van der Waals surface area contributed by atoms with Crippen LogP contribution >= 0.6 is 0 Å². The molecule has 0 atom stereocenters. The molecule has 0 saturated carbocycles. The number of nitriles is 2. The van der Waals surface area contributed by atoms with Crippen LogP contribution in [0, 0.1) is 57.3 Å². The van der Waals surface area contributed by atoms with E-state index < -0.39 is 0 Å².